The first-order chi connectivity index (χ1) is 13.7. The van der Waals surface area contributed by atoms with Gasteiger partial charge in [-0.05, 0) is 24.3 Å². The zero-order valence-electron chi connectivity index (χ0n) is 15.1. The van der Waals surface area contributed by atoms with Gasteiger partial charge in [-0.25, -0.2) is 9.97 Å². The maximum Gasteiger partial charge on any atom is 0.289 e. The summed E-state index contributed by atoms with van der Waals surface area (Å²) < 4.78 is 5.16. The Morgan fingerprint density at radius 2 is 1.93 bits per heavy atom. The fourth-order valence-corrected chi connectivity index (χ4v) is 3.69. The van der Waals surface area contributed by atoms with Crippen LogP contribution in [-0.4, -0.2) is 57.8 Å². The number of piperazine rings is 1. The van der Waals surface area contributed by atoms with Crippen molar-refractivity contribution >= 4 is 34.1 Å². The van der Waals surface area contributed by atoms with Crippen LogP contribution in [0.25, 0.3) is 0 Å². The lowest BCUT2D eigenvalue weighted by molar-refractivity contribution is -0.132. The zero-order valence-corrected chi connectivity index (χ0v) is 15.9. The first kappa shape index (κ1) is 18.2. The SMILES string of the molecule is O=C(Cc1csc(Nc2ccccn2)n1)N1CCN(C(=O)c2ccco2)CC1. The fraction of sp³-hybridized carbons (Fsp3) is 0.263. The minimum atomic E-state index is -0.137. The van der Waals surface area contributed by atoms with Crippen molar-refractivity contribution in [1.82, 2.24) is 19.8 Å². The van der Waals surface area contributed by atoms with Crippen molar-refractivity contribution in [2.75, 3.05) is 31.5 Å². The van der Waals surface area contributed by atoms with Crippen molar-refractivity contribution in [3.05, 3.63) is 59.6 Å². The predicted octanol–water partition coefficient (Wildman–Crippen LogP) is 2.40. The van der Waals surface area contributed by atoms with E-state index in [1.54, 1.807) is 28.1 Å². The maximum atomic E-state index is 12.6. The van der Waals surface area contributed by atoms with E-state index >= 15 is 0 Å². The highest BCUT2D eigenvalue weighted by atomic mass is 32.1. The van der Waals surface area contributed by atoms with Gasteiger partial charge in [-0.3, -0.25) is 9.59 Å². The van der Waals surface area contributed by atoms with Crippen molar-refractivity contribution in [2.45, 2.75) is 6.42 Å². The lowest BCUT2D eigenvalue weighted by atomic mass is 10.2. The molecule has 3 aromatic heterocycles. The smallest absolute Gasteiger partial charge is 0.289 e. The number of pyridine rings is 1. The summed E-state index contributed by atoms with van der Waals surface area (Å²) in [6.07, 6.45) is 3.43. The molecule has 2 amide bonds. The minimum Gasteiger partial charge on any atom is -0.459 e. The van der Waals surface area contributed by atoms with Crippen LogP contribution in [0, 0.1) is 0 Å². The predicted molar refractivity (Wildman–Crippen MR) is 105 cm³/mol. The number of hydrogen-bond donors (Lipinski definition) is 1. The monoisotopic (exact) mass is 397 g/mol. The van der Waals surface area contributed by atoms with Gasteiger partial charge in [0.15, 0.2) is 10.9 Å². The molecular weight excluding hydrogens is 378 g/mol. The Morgan fingerprint density at radius 1 is 1.11 bits per heavy atom. The number of amides is 2. The highest BCUT2D eigenvalue weighted by Crippen LogP contribution is 2.20. The third kappa shape index (κ3) is 4.20. The molecule has 0 bridgehead atoms. The summed E-state index contributed by atoms with van der Waals surface area (Å²) in [5.74, 6) is 0.920. The van der Waals surface area contributed by atoms with Crippen LogP contribution in [0.15, 0.2) is 52.6 Å². The van der Waals surface area contributed by atoms with E-state index in [4.69, 9.17) is 4.42 Å². The van der Waals surface area contributed by atoms with E-state index in [0.29, 0.717) is 42.9 Å². The number of thiazole rings is 1. The summed E-state index contributed by atoms with van der Waals surface area (Å²) >= 11 is 1.44. The highest BCUT2D eigenvalue weighted by molar-refractivity contribution is 7.13. The average Bonchev–Trinajstić information content (AvgIpc) is 3.41. The zero-order chi connectivity index (χ0) is 19.3. The Balaban J connectivity index is 1.28. The molecule has 4 heterocycles. The molecule has 0 atom stereocenters. The summed E-state index contributed by atoms with van der Waals surface area (Å²) in [5.41, 5.74) is 0.725. The number of carbonyl (C=O) groups excluding carboxylic acids is 2. The molecule has 0 saturated carbocycles. The first-order valence-electron chi connectivity index (χ1n) is 8.92. The number of anilines is 2. The van der Waals surface area contributed by atoms with E-state index in [-0.39, 0.29) is 18.2 Å². The molecule has 1 aliphatic rings. The summed E-state index contributed by atoms with van der Waals surface area (Å²) in [7, 11) is 0. The van der Waals surface area contributed by atoms with Gasteiger partial charge in [0.2, 0.25) is 5.91 Å². The van der Waals surface area contributed by atoms with Gasteiger partial charge in [-0.15, -0.1) is 11.3 Å². The van der Waals surface area contributed by atoms with E-state index in [9.17, 15) is 9.59 Å². The molecule has 8 nitrogen and oxygen atoms in total. The fourth-order valence-electron chi connectivity index (χ4n) is 2.97. The molecule has 0 spiro atoms. The standard InChI is InChI=1S/C19H19N5O3S/c25-17(12-14-13-28-19(21-14)22-16-5-1-2-6-20-16)23-7-9-24(10-8-23)18(26)15-4-3-11-27-15/h1-6,11,13H,7-10,12H2,(H,20,21,22). The lowest BCUT2D eigenvalue weighted by Gasteiger charge is -2.34. The normalized spacial score (nSPS) is 14.1. The molecule has 0 aromatic carbocycles. The Labute approximate surface area is 165 Å². The molecule has 1 N–H and O–H groups in total. The van der Waals surface area contributed by atoms with Crippen molar-refractivity contribution in [2.24, 2.45) is 0 Å². The third-order valence-electron chi connectivity index (χ3n) is 4.44. The number of nitrogens with one attached hydrogen (secondary N) is 1. The van der Waals surface area contributed by atoms with Crippen LogP contribution in [0.4, 0.5) is 10.9 Å². The van der Waals surface area contributed by atoms with Gasteiger partial charge in [-0.2, -0.15) is 0 Å². The topological polar surface area (TPSA) is 91.6 Å². The molecule has 1 saturated heterocycles. The van der Waals surface area contributed by atoms with Crippen molar-refractivity contribution in [3.63, 3.8) is 0 Å². The Morgan fingerprint density at radius 3 is 2.64 bits per heavy atom. The quantitative estimate of drug-likeness (QED) is 0.711. The van der Waals surface area contributed by atoms with Crippen molar-refractivity contribution in [3.8, 4) is 0 Å². The molecule has 0 unspecified atom stereocenters. The minimum absolute atomic E-state index is 0.0137. The number of hydrogen-bond acceptors (Lipinski definition) is 7. The molecular formula is C19H19N5O3S. The second-order valence-electron chi connectivity index (χ2n) is 6.31. The van der Waals surface area contributed by atoms with Crippen molar-refractivity contribution in [1.29, 1.82) is 0 Å². The van der Waals surface area contributed by atoms with E-state index in [0.717, 1.165) is 5.69 Å². The average molecular weight is 397 g/mol. The van der Waals surface area contributed by atoms with Crippen LogP contribution in [0.3, 0.4) is 0 Å². The second-order valence-corrected chi connectivity index (χ2v) is 7.17. The van der Waals surface area contributed by atoms with Gasteiger partial charge in [-0.1, -0.05) is 6.07 Å². The maximum absolute atomic E-state index is 12.6. The molecule has 144 valence electrons. The summed E-state index contributed by atoms with van der Waals surface area (Å²) in [5, 5.41) is 5.71. The van der Waals surface area contributed by atoms with Gasteiger partial charge in [0.05, 0.1) is 18.4 Å². The summed E-state index contributed by atoms with van der Waals surface area (Å²) in [6.45, 7) is 2.01. The van der Waals surface area contributed by atoms with Gasteiger partial charge in [0, 0.05) is 37.8 Å². The largest absolute Gasteiger partial charge is 0.459 e. The summed E-state index contributed by atoms with van der Waals surface area (Å²) in [4.78, 5) is 37.0. The van der Waals surface area contributed by atoms with E-state index in [1.807, 2.05) is 23.6 Å². The van der Waals surface area contributed by atoms with E-state index in [1.165, 1.54) is 17.6 Å². The van der Waals surface area contributed by atoms with E-state index < -0.39 is 0 Å². The number of rotatable bonds is 5. The number of aromatic nitrogens is 2. The molecule has 9 heteroatoms. The van der Waals surface area contributed by atoms with Gasteiger partial charge in [0.1, 0.15) is 5.82 Å². The van der Waals surface area contributed by atoms with E-state index in [2.05, 4.69) is 15.3 Å². The van der Waals surface area contributed by atoms with Crippen LogP contribution >= 0.6 is 11.3 Å². The van der Waals surface area contributed by atoms with Gasteiger partial charge < -0.3 is 19.5 Å². The number of nitrogens with zero attached hydrogens (tertiary/aromatic N) is 4. The first-order valence-corrected chi connectivity index (χ1v) is 9.80. The third-order valence-corrected chi connectivity index (χ3v) is 5.24. The molecule has 3 aromatic rings. The van der Waals surface area contributed by atoms with Crippen LogP contribution in [0.1, 0.15) is 16.2 Å². The summed E-state index contributed by atoms with van der Waals surface area (Å²) in [6, 6.07) is 8.94. The van der Waals surface area contributed by atoms with Crippen LogP contribution < -0.4 is 5.32 Å². The Hall–Kier alpha value is -3.20. The highest BCUT2D eigenvalue weighted by Gasteiger charge is 2.26. The molecule has 0 aliphatic carbocycles. The molecule has 28 heavy (non-hydrogen) atoms. The number of carbonyl (C=O) groups is 2. The molecule has 4 rings (SSSR count). The molecule has 1 fully saturated rings. The van der Waals surface area contributed by atoms with Crippen LogP contribution in [0.5, 0.6) is 0 Å². The molecule has 1 aliphatic heterocycles. The van der Waals surface area contributed by atoms with Crippen molar-refractivity contribution < 1.29 is 14.0 Å². The van der Waals surface area contributed by atoms with Crippen LogP contribution in [0.2, 0.25) is 0 Å². The lowest BCUT2D eigenvalue weighted by Crippen LogP contribution is -2.50. The molecule has 0 radical (unpaired) electrons. The van der Waals surface area contributed by atoms with Gasteiger partial charge in [0.25, 0.3) is 5.91 Å². The van der Waals surface area contributed by atoms with Crippen LogP contribution in [-0.2, 0) is 11.2 Å². The Bertz CT molecular complexity index is 934. The number of furan rings is 1. The Kier molecular flexibility index (Phi) is 5.34. The second kappa shape index (κ2) is 8.22. The van der Waals surface area contributed by atoms with Gasteiger partial charge >= 0.3 is 0 Å².